The Morgan fingerprint density at radius 1 is 1.21 bits per heavy atom. The number of likely N-dealkylation sites (tertiary alicyclic amines) is 1. The highest BCUT2D eigenvalue weighted by atomic mass is 35.5. The zero-order valence-electron chi connectivity index (χ0n) is 13.8. The molecule has 2 aliphatic heterocycles. The van der Waals surface area contributed by atoms with Crippen molar-refractivity contribution >= 4 is 17.3 Å². The van der Waals surface area contributed by atoms with Crippen LogP contribution in [0.4, 0.5) is 10.1 Å². The van der Waals surface area contributed by atoms with Gasteiger partial charge in [-0.2, -0.15) is 0 Å². The number of hydrogen-bond donors (Lipinski definition) is 0. The summed E-state index contributed by atoms with van der Waals surface area (Å²) in [6.45, 7) is 6.65. The Kier molecular flexibility index (Phi) is 4.19. The van der Waals surface area contributed by atoms with Crippen molar-refractivity contribution in [2.45, 2.75) is 19.4 Å². The molecule has 2 bridgehead atoms. The lowest BCUT2D eigenvalue weighted by atomic mass is 9.99. The van der Waals surface area contributed by atoms with E-state index >= 15 is 0 Å². The Bertz CT molecular complexity index is 751. The van der Waals surface area contributed by atoms with Gasteiger partial charge in [0.05, 0.1) is 11.9 Å². The number of likely N-dealkylation sites (N-methyl/N-ethyl adjacent to an activating group) is 1. The average molecular weight is 346 g/mol. The van der Waals surface area contributed by atoms with Gasteiger partial charge in [-0.05, 0) is 43.1 Å². The molecule has 2 saturated heterocycles. The summed E-state index contributed by atoms with van der Waals surface area (Å²) in [6.07, 6.45) is 4.95. The average Bonchev–Trinajstić information content (AvgIpc) is 2.90. The molecule has 0 saturated carbocycles. The van der Waals surface area contributed by atoms with Crippen molar-refractivity contribution in [1.29, 1.82) is 0 Å². The zero-order valence-corrected chi connectivity index (χ0v) is 14.5. The number of aromatic nitrogens is 1. The highest BCUT2D eigenvalue weighted by Gasteiger charge is 2.37. The Morgan fingerprint density at radius 3 is 2.92 bits per heavy atom. The van der Waals surface area contributed by atoms with Gasteiger partial charge in [0.15, 0.2) is 0 Å². The lowest BCUT2D eigenvalue weighted by Crippen LogP contribution is -2.42. The van der Waals surface area contributed by atoms with Crippen LogP contribution in [0.25, 0.3) is 11.1 Å². The van der Waals surface area contributed by atoms with Crippen molar-refractivity contribution in [2.24, 2.45) is 5.92 Å². The molecule has 1 aromatic carbocycles. The summed E-state index contributed by atoms with van der Waals surface area (Å²) >= 11 is 6.25. The van der Waals surface area contributed by atoms with E-state index in [0.717, 1.165) is 36.8 Å². The lowest BCUT2D eigenvalue weighted by molar-refractivity contribution is 0.274. The van der Waals surface area contributed by atoms with Crippen LogP contribution in [0.5, 0.6) is 0 Å². The predicted molar refractivity (Wildman–Crippen MR) is 96.0 cm³/mol. The van der Waals surface area contributed by atoms with Crippen LogP contribution in [0.2, 0.25) is 5.02 Å². The van der Waals surface area contributed by atoms with Gasteiger partial charge in [-0.25, -0.2) is 4.39 Å². The number of pyridine rings is 1. The van der Waals surface area contributed by atoms with Gasteiger partial charge in [-0.15, -0.1) is 0 Å². The molecule has 3 nitrogen and oxygen atoms in total. The van der Waals surface area contributed by atoms with Crippen molar-refractivity contribution in [3.05, 3.63) is 47.5 Å². The van der Waals surface area contributed by atoms with Gasteiger partial charge in [0, 0.05) is 48.0 Å². The van der Waals surface area contributed by atoms with Gasteiger partial charge in [-0.1, -0.05) is 18.5 Å². The summed E-state index contributed by atoms with van der Waals surface area (Å²) < 4.78 is 13.6. The molecule has 126 valence electrons. The van der Waals surface area contributed by atoms with E-state index in [2.05, 4.69) is 27.8 Å². The first-order valence-electron chi connectivity index (χ1n) is 8.53. The maximum atomic E-state index is 13.6. The summed E-state index contributed by atoms with van der Waals surface area (Å²) in [6, 6.07) is 7.16. The van der Waals surface area contributed by atoms with Gasteiger partial charge in [-0.3, -0.25) is 9.88 Å². The van der Waals surface area contributed by atoms with Crippen molar-refractivity contribution in [1.82, 2.24) is 9.88 Å². The summed E-state index contributed by atoms with van der Waals surface area (Å²) in [5, 5.41) is 0.547. The second-order valence-electron chi connectivity index (χ2n) is 6.80. The summed E-state index contributed by atoms with van der Waals surface area (Å²) in [4.78, 5) is 9.37. The fraction of sp³-hybridized carbons (Fsp3) is 0.421. The molecular weight excluding hydrogens is 325 g/mol. The fourth-order valence-electron chi connectivity index (χ4n) is 4.12. The maximum Gasteiger partial charge on any atom is 0.123 e. The first-order valence-corrected chi connectivity index (χ1v) is 8.91. The summed E-state index contributed by atoms with van der Waals surface area (Å²) in [7, 11) is 0. The minimum Gasteiger partial charge on any atom is -0.368 e. The molecule has 0 amide bonds. The molecule has 2 aromatic rings. The molecular formula is C19H21ClFN3. The first-order chi connectivity index (χ1) is 11.6. The van der Waals surface area contributed by atoms with Crippen LogP contribution in [-0.4, -0.2) is 42.1 Å². The molecule has 2 fully saturated rings. The quantitative estimate of drug-likeness (QED) is 0.835. The summed E-state index contributed by atoms with van der Waals surface area (Å²) in [5.74, 6) is 0.444. The van der Waals surface area contributed by atoms with E-state index in [1.807, 2.05) is 6.20 Å². The molecule has 0 aliphatic carbocycles. The Hall–Kier alpha value is -1.65. The standard InChI is InChI=1S/C19H21ClFN3/c1-2-23-10-13-5-17(23)12-24(11-13)16-6-14(8-22-9-16)18-7-15(21)3-4-19(18)20/h3-4,6-9,13,17H,2,5,10-12H2,1H3. The van der Waals surface area contributed by atoms with E-state index < -0.39 is 0 Å². The van der Waals surface area contributed by atoms with E-state index in [1.54, 1.807) is 12.3 Å². The van der Waals surface area contributed by atoms with E-state index in [-0.39, 0.29) is 5.82 Å². The number of nitrogens with zero attached hydrogens (tertiary/aromatic N) is 3. The predicted octanol–water partition coefficient (Wildman–Crippen LogP) is 4.07. The molecule has 1 aromatic heterocycles. The third-order valence-electron chi connectivity index (χ3n) is 5.26. The van der Waals surface area contributed by atoms with Crippen LogP contribution in [0.1, 0.15) is 13.3 Å². The number of fused-ring (bicyclic) bond motifs is 2. The second kappa shape index (κ2) is 6.34. The van der Waals surface area contributed by atoms with Gasteiger partial charge in [0.25, 0.3) is 0 Å². The van der Waals surface area contributed by atoms with Gasteiger partial charge < -0.3 is 4.90 Å². The van der Waals surface area contributed by atoms with Crippen molar-refractivity contribution in [3.63, 3.8) is 0 Å². The van der Waals surface area contributed by atoms with Gasteiger partial charge in [0.1, 0.15) is 5.82 Å². The molecule has 5 heteroatoms. The minimum atomic E-state index is -0.283. The van der Waals surface area contributed by atoms with E-state index in [0.29, 0.717) is 16.6 Å². The number of piperidine rings is 1. The molecule has 0 spiro atoms. The molecule has 2 atom stereocenters. The SMILES string of the molecule is CCN1CC2CC1CN(c1cncc(-c3cc(F)ccc3Cl)c1)C2. The maximum absolute atomic E-state index is 13.6. The molecule has 3 heterocycles. The number of halogens is 2. The highest BCUT2D eigenvalue weighted by molar-refractivity contribution is 6.33. The number of anilines is 1. The van der Waals surface area contributed by atoms with Crippen molar-refractivity contribution in [2.75, 3.05) is 31.1 Å². The Morgan fingerprint density at radius 2 is 2.08 bits per heavy atom. The van der Waals surface area contributed by atoms with Gasteiger partial charge >= 0.3 is 0 Å². The third-order valence-corrected chi connectivity index (χ3v) is 5.59. The molecule has 24 heavy (non-hydrogen) atoms. The van der Waals surface area contributed by atoms with E-state index in [1.165, 1.54) is 25.1 Å². The van der Waals surface area contributed by atoms with Crippen LogP contribution in [0, 0.1) is 11.7 Å². The second-order valence-corrected chi connectivity index (χ2v) is 7.21. The third kappa shape index (κ3) is 2.89. The largest absolute Gasteiger partial charge is 0.368 e. The molecule has 0 radical (unpaired) electrons. The topological polar surface area (TPSA) is 19.4 Å². The number of rotatable bonds is 3. The van der Waals surface area contributed by atoms with Crippen LogP contribution < -0.4 is 4.90 Å². The first kappa shape index (κ1) is 15.9. The van der Waals surface area contributed by atoms with Crippen molar-refractivity contribution in [3.8, 4) is 11.1 Å². The van der Waals surface area contributed by atoms with E-state index in [9.17, 15) is 4.39 Å². The van der Waals surface area contributed by atoms with Crippen molar-refractivity contribution < 1.29 is 4.39 Å². The van der Waals surface area contributed by atoms with Crippen LogP contribution >= 0.6 is 11.6 Å². The summed E-state index contributed by atoms with van der Waals surface area (Å²) in [5.41, 5.74) is 2.66. The smallest absolute Gasteiger partial charge is 0.123 e. The Labute approximate surface area is 147 Å². The van der Waals surface area contributed by atoms with Crippen LogP contribution in [0.15, 0.2) is 36.7 Å². The molecule has 4 rings (SSSR count). The molecule has 2 unspecified atom stereocenters. The van der Waals surface area contributed by atoms with Crippen LogP contribution in [0.3, 0.4) is 0 Å². The molecule has 2 aliphatic rings. The molecule has 0 N–H and O–H groups in total. The minimum absolute atomic E-state index is 0.283. The lowest BCUT2D eigenvalue weighted by Gasteiger charge is -2.34. The van der Waals surface area contributed by atoms with Gasteiger partial charge in [0.2, 0.25) is 0 Å². The Balaban J connectivity index is 1.63. The number of benzene rings is 1. The van der Waals surface area contributed by atoms with Crippen LogP contribution in [-0.2, 0) is 0 Å². The normalized spacial score (nSPS) is 23.7. The van der Waals surface area contributed by atoms with E-state index in [4.69, 9.17) is 11.6 Å². The zero-order chi connectivity index (χ0) is 16.7. The fourth-order valence-corrected chi connectivity index (χ4v) is 4.34. The highest BCUT2D eigenvalue weighted by Crippen LogP contribution is 2.34. The number of hydrogen-bond acceptors (Lipinski definition) is 3. The monoisotopic (exact) mass is 345 g/mol.